The predicted octanol–water partition coefficient (Wildman–Crippen LogP) is 1.99. The van der Waals surface area contributed by atoms with E-state index in [4.69, 9.17) is 0 Å². The van der Waals surface area contributed by atoms with Crippen LogP contribution in [-0.4, -0.2) is 57.8 Å². The van der Waals surface area contributed by atoms with Gasteiger partial charge < -0.3 is 9.80 Å². The van der Waals surface area contributed by atoms with Crippen LogP contribution in [0.25, 0.3) is 6.08 Å². The highest BCUT2D eigenvalue weighted by Crippen LogP contribution is 2.24. The molecule has 1 aliphatic rings. The smallest absolute Gasteiger partial charge is 0.276 e. The summed E-state index contributed by atoms with van der Waals surface area (Å²) in [6, 6.07) is 5.73. The third kappa shape index (κ3) is 3.94. The molecule has 8 heteroatoms. The summed E-state index contributed by atoms with van der Waals surface area (Å²) in [6.07, 6.45) is 2.72. The van der Waals surface area contributed by atoms with Gasteiger partial charge in [0.1, 0.15) is 6.04 Å². The number of amides is 2. The van der Waals surface area contributed by atoms with Crippen LogP contribution in [0.15, 0.2) is 30.3 Å². The van der Waals surface area contributed by atoms with Gasteiger partial charge in [-0.3, -0.25) is 19.7 Å². The van der Waals surface area contributed by atoms with Crippen LogP contribution in [0.3, 0.4) is 0 Å². The maximum atomic E-state index is 12.4. The summed E-state index contributed by atoms with van der Waals surface area (Å²) in [5, 5.41) is 11.0. The van der Waals surface area contributed by atoms with E-state index < -0.39 is 11.0 Å². The normalized spacial score (nSPS) is 17.2. The van der Waals surface area contributed by atoms with Crippen LogP contribution in [0.5, 0.6) is 0 Å². The molecule has 0 N–H and O–H groups in total. The van der Waals surface area contributed by atoms with E-state index in [-0.39, 0.29) is 17.5 Å². The quantitative estimate of drug-likeness (QED) is 0.461. The zero-order valence-electron chi connectivity index (χ0n) is 13.5. The number of para-hydroxylation sites is 1. The molecular weight excluding hydrogens is 330 g/mol. The van der Waals surface area contributed by atoms with E-state index in [9.17, 15) is 19.7 Å². The molecule has 1 atom stereocenters. The van der Waals surface area contributed by atoms with Crippen LogP contribution < -0.4 is 0 Å². The van der Waals surface area contributed by atoms with Crippen molar-refractivity contribution in [2.24, 2.45) is 0 Å². The maximum absolute atomic E-state index is 12.4. The van der Waals surface area contributed by atoms with Crippen molar-refractivity contribution in [3.05, 3.63) is 46.0 Å². The minimum Gasteiger partial charge on any atom is -0.344 e. The Morgan fingerprint density at radius 3 is 2.83 bits per heavy atom. The number of carbonyl (C=O) groups is 2. The first kappa shape index (κ1) is 18.0. The van der Waals surface area contributed by atoms with Gasteiger partial charge in [0.2, 0.25) is 11.8 Å². The third-order valence-corrected chi connectivity index (χ3v) is 4.85. The predicted molar refractivity (Wildman–Crippen MR) is 93.4 cm³/mol. The van der Waals surface area contributed by atoms with Gasteiger partial charge in [-0.2, -0.15) is 0 Å². The lowest BCUT2D eigenvalue weighted by Gasteiger charge is -2.25. The summed E-state index contributed by atoms with van der Waals surface area (Å²) in [5.74, 6) is 0.596. The zero-order valence-corrected chi connectivity index (χ0v) is 14.4. The molecule has 1 saturated heterocycles. The van der Waals surface area contributed by atoms with E-state index in [2.05, 4.69) is 0 Å². The molecule has 0 bridgehead atoms. The van der Waals surface area contributed by atoms with E-state index >= 15 is 0 Å². The van der Waals surface area contributed by atoms with Crippen molar-refractivity contribution >= 4 is 35.3 Å². The zero-order chi connectivity index (χ0) is 17.7. The van der Waals surface area contributed by atoms with E-state index in [1.807, 2.05) is 6.92 Å². The van der Waals surface area contributed by atoms with Crippen molar-refractivity contribution in [2.45, 2.75) is 13.0 Å². The number of thioether (sulfide) groups is 1. The Balaban J connectivity index is 2.14. The van der Waals surface area contributed by atoms with Crippen LogP contribution in [0.1, 0.15) is 12.5 Å². The molecule has 0 radical (unpaired) electrons. The fourth-order valence-corrected chi connectivity index (χ4v) is 3.48. The van der Waals surface area contributed by atoms with Gasteiger partial charge in [-0.1, -0.05) is 12.1 Å². The Hall–Kier alpha value is -2.35. The molecule has 1 unspecified atom stereocenters. The Morgan fingerprint density at radius 1 is 1.46 bits per heavy atom. The number of rotatable bonds is 5. The summed E-state index contributed by atoms with van der Waals surface area (Å²) in [5.41, 5.74) is 0.298. The number of hydrogen-bond acceptors (Lipinski definition) is 5. The van der Waals surface area contributed by atoms with Gasteiger partial charge in [-0.15, -0.1) is 11.8 Å². The molecule has 0 spiro atoms. The molecule has 1 heterocycles. The standard InChI is InChI=1S/C16H19N3O4S/c1-3-17(2)16(21)14-10-24-11-18(14)15(20)9-8-12-6-4-5-7-13(12)19(22)23/h4-9,14H,3,10-11H2,1-2H3/b9-8+. The monoisotopic (exact) mass is 349 g/mol. The van der Waals surface area contributed by atoms with Crippen molar-refractivity contribution in [3.8, 4) is 0 Å². The van der Waals surface area contributed by atoms with E-state index in [0.29, 0.717) is 23.7 Å². The molecule has 0 saturated carbocycles. The van der Waals surface area contributed by atoms with Crippen molar-refractivity contribution in [2.75, 3.05) is 25.2 Å². The average molecular weight is 349 g/mol. The second-order valence-corrected chi connectivity index (χ2v) is 6.33. The fourth-order valence-electron chi connectivity index (χ4n) is 2.33. The largest absolute Gasteiger partial charge is 0.344 e. The lowest BCUT2D eigenvalue weighted by atomic mass is 10.1. The molecule has 1 aromatic rings. The third-order valence-electron chi connectivity index (χ3n) is 3.84. The van der Waals surface area contributed by atoms with Crippen LogP contribution in [0.2, 0.25) is 0 Å². The molecule has 2 rings (SSSR count). The highest BCUT2D eigenvalue weighted by Gasteiger charge is 2.35. The highest BCUT2D eigenvalue weighted by molar-refractivity contribution is 7.99. The molecule has 24 heavy (non-hydrogen) atoms. The van der Waals surface area contributed by atoms with E-state index in [0.717, 1.165) is 0 Å². The number of carbonyl (C=O) groups excluding carboxylic acids is 2. The highest BCUT2D eigenvalue weighted by atomic mass is 32.2. The van der Waals surface area contributed by atoms with Gasteiger partial charge >= 0.3 is 0 Å². The van der Waals surface area contributed by atoms with Gasteiger partial charge in [0.15, 0.2) is 0 Å². The molecule has 0 aromatic heterocycles. The second kappa shape index (κ2) is 7.96. The van der Waals surface area contributed by atoms with Crippen molar-refractivity contribution in [3.63, 3.8) is 0 Å². The number of benzene rings is 1. The summed E-state index contributed by atoms with van der Waals surface area (Å²) >= 11 is 1.52. The molecule has 2 amide bonds. The summed E-state index contributed by atoms with van der Waals surface area (Å²) < 4.78 is 0. The van der Waals surface area contributed by atoms with Gasteiger partial charge in [0.25, 0.3) is 5.69 Å². The Bertz CT molecular complexity index is 677. The SMILES string of the molecule is CCN(C)C(=O)C1CSCN1C(=O)/C=C/c1ccccc1[N+](=O)[O-]. The number of nitrogens with zero attached hydrogens (tertiary/aromatic N) is 3. The van der Waals surface area contributed by atoms with Crippen LogP contribution >= 0.6 is 11.8 Å². The Labute approximate surface area is 144 Å². The maximum Gasteiger partial charge on any atom is 0.276 e. The number of hydrogen-bond donors (Lipinski definition) is 0. The summed E-state index contributed by atoms with van der Waals surface area (Å²) in [4.78, 5) is 38.3. The van der Waals surface area contributed by atoms with Crippen LogP contribution in [0, 0.1) is 10.1 Å². The van der Waals surface area contributed by atoms with Crippen molar-refractivity contribution < 1.29 is 14.5 Å². The molecular formula is C16H19N3O4S. The topological polar surface area (TPSA) is 83.8 Å². The number of nitro benzene ring substituents is 1. The van der Waals surface area contributed by atoms with Crippen molar-refractivity contribution in [1.82, 2.24) is 9.80 Å². The molecule has 1 aliphatic heterocycles. The van der Waals surface area contributed by atoms with Gasteiger partial charge in [-0.05, 0) is 19.1 Å². The van der Waals surface area contributed by atoms with Crippen LogP contribution in [0.4, 0.5) is 5.69 Å². The van der Waals surface area contributed by atoms with Gasteiger partial charge in [0, 0.05) is 31.5 Å². The molecule has 7 nitrogen and oxygen atoms in total. The minimum absolute atomic E-state index is 0.0595. The molecule has 1 fully saturated rings. The Kier molecular flexibility index (Phi) is 5.97. The fraction of sp³-hybridized carbons (Fsp3) is 0.375. The first-order chi connectivity index (χ1) is 11.5. The van der Waals surface area contributed by atoms with E-state index in [1.165, 1.54) is 34.9 Å². The first-order valence-electron chi connectivity index (χ1n) is 7.50. The molecule has 1 aromatic carbocycles. The second-order valence-electron chi connectivity index (χ2n) is 5.33. The van der Waals surface area contributed by atoms with Gasteiger partial charge in [-0.25, -0.2) is 0 Å². The van der Waals surface area contributed by atoms with E-state index in [1.54, 1.807) is 30.1 Å². The lowest BCUT2D eigenvalue weighted by Crippen LogP contribution is -2.47. The first-order valence-corrected chi connectivity index (χ1v) is 8.66. The average Bonchev–Trinajstić information content (AvgIpc) is 3.08. The summed E-state index contributed by atoms with van der Waals surface area (Å²) in [6.45, 7) is 2.45. The van der Waals surface area contributed by atoms with Crippen LogP contribution in [-0.2, 0) is 9.59 Å². The Morgan fingerprint density at radius 2 is 2.17 bits per heavy atom. The molecule has 0 aliphatic carbocycles. The number of likely N-dealkylation sites (N-methyl/N-ethyl adjacent to an activating group) is 1. The number of nitro groups is 1. The summed E-state index contributed by atoms with van der Waals surface area (Å²) in [7, 11) is 1.71. The lowest BCUT2D eigenvalue weighted by molar-refractivity contribution is -0.385. The van der Waals surface area contributed by atoms with Gasteiger partial charge in [0.05, 0.1) is 16.4 Å². The minimum atomic E-state index is -0.488. The van der Waals surface area contributed by atoms with Crippen molar-refractivity contribution in [1.29, 1.82) is 0 Å². The molecule has 128 valence electrons.